The third-order valence-electron chi connectivity index (χ3n) is 16.3. The second-order valence-corrected chi connectivity index (χ2v) is 24.5. The summed E-state index contributed by atoms with van der Waals surface area (Å²) in [5.74, 6) is -0.877. The third-order valence-corrected chi connectivity index (χ3v) is 16.3. The first-order chi connectivity index (χ1) is 40.0. The van der Waals surface area contributed by atoms with Crippen molar-refractivity contribution in [3.05, 3.63) is 48.6 Å². The van der Waals surface area contributed by atoms with E-state index in [1.165, 1.54) is 257 Å². The van der Waals surface area contributed by atoms with Crippen LogP contribution in [0.4, 0.5) is 0 Å². The van der Waals surface area contributed by atoms with Crippen molar-refractivity contribution in [1.29, 1.82) is 0 Å². The Morgan fingerprint density at radius 2 is 0.469 bits per heavy atom. The fourth-order valence-corrected chi connectivity index (χ4v) is 10.9. The van der Waals surface area contributed by atoms with Gasteiger partial charge in [-0.05, 0) is 77.0 Å². The molecule has 6 heteroatoms. The van der Waals surface area contributed by atoms with Crippen LogP contribution in [0.15, 0.2) is 48.6 Å². The highest BCUT2D eigenvalue weighted by atomic mass is 16.6. The van der Waals surface area contributed by atoms with Gasteiger partial charge in [0.2, 0.25) is 0 Å². The van der Waals surface area contributed by atoms with Gasteiger partial charge in [0.15, 0.2) is 6.10 Å². The zero-order valence-corrected chi connectivity index (χ0v) is 54.6. The van der Waals surface area contributed by atoms with Crippen LogP contribution < -0.4 is 0 Å². The molecule has 0 saturated carbocycles. The Kier molecular flexibility index (Phi) is 67.6. The molecule has 0 N–H and O–H groups in total. The summed E-state index contributed by atoms with van der Waals surface area (Å²) in [6.45, 7) is 6.60. The third kappa shape index (κ3) is 68.0. The van der Waals surface area contributed by atoms with Crippen molar-refractivity contribution in [2.45, 2.75) is 399 Å². The molecule has 1 unspecified atom stereocenters. The minimum absolute atomic E-state index is 0.0774. The molecule has 0 fully saturated rings. The van der Waals surface area contributed by atoms with Crippen LogP contribution in [-0.2, 0) is 28.6 Å². The Labute approximate surface area is 505 Å². The monoisotopic (exact) mass is 1140 g/mol. The SMILES string of the molecule is CCC/C=C\C/C=C\CCCCCCCC(=O)OCC(COC(=O)CCCCCCCCCCCCCCCCCCCCCCCCCCCCCCCCCC)OC(=O)CCCCCCCCC/C=C\C/C=C\CCCCCC. The average molecular weight is 1140 g/mol. The number of hydrogen-bond acceptors (Lipinski definition) is 6. The molecule has 0 aromatic carbocycles. The highest BCUT2D eigenvalue weighted by molar-refractivity contribution is 5.71. The van der Waals surface area contributed by atoms with Gasteiger partial charge in [0, 0.05) is 19.3 Å². The van der Waals surface area contributed by atoms with E-state index in [9.17, 15) is 14.4 Å². The van der Waals surface area contributed by atoms with Crippen LogP contribution in [0.1, 0.15) is 393 Å². The zero-order chi connectivity index (χ0) is 58.5. The van der Waals surface area contributed by atoms with Gasteiger partial charge in [-0.15, -0.1) is 0 Å². The van der Waals surface area contributed by atoms with Crippen LogP contribution in [0.25, 0.3) is 0 Å². The van der Waals surface area contributed by atoms with Crippen molar-refractivity contribution in [3.8, 4) is 0 Å². The molecule has 0 saturated heterocycles. The van der Waals surface area contributed by atoms with Crippen molar-refractivity contribution < 1.29 is 28.6 Å². The van der Waals surface area contributed by atoms with E-state index in [1.54, 1.807) is 0 Å². The summed E-state index contributed by atoms with van der Waals surface area (Å²) < 4.78 is 17.0. The minimum Gasteiger partial charge on any atom is -0.462 e. The van der Waals surface area contributed by atoms with E-state index < -0.39 is 6.10 Å². The van der Waals surface area contributed by atoms with Crippen molar-refractivity contribution in [2.75, 3.05) is 13.2 Å². The summed E-state index contributed by atoms with van der Waals surface area (Å²) in [5.41, 5.74) is 0. The van der Waals surface area contributed by atoms with Crippen molar-refractivity contribution in [3.63, 3.8) is 0 Å². The Morgan fingerprint density at radius 1 is 0.247 bits per heavy atom. The number of hydrogen-bond donors (Lipinski definition) is 0. The van der Waals surface area contributed by atoms with Crippen molar-refractivity contribution in [1.82, 2.24) is 0 Å². The van der Waals surface area contributed by atoms with Crippen LogP contribution in [0.2, 0.25) is 0 Å². The van der Waals surface area contributed by atoms with Gasteiger partial charge in [-0.1, -0.05) is 345 Å². The fraction of sp³-hybridized carbons (Fsp3) is 0.853. The number of ether oxygens (including phenoxy) is 3. The second-order valence-electron chi connectivity index (χ2n) is 24.5. The first kappa shape index (κ1) is 78.4. The number of esters is 3. The van der Waals surface area contributed by atoms with E-state index in [0.29, 0.717) is 19.3 Å². The quantitative estimate of drug-likeness (QED) is 0.0261. The molecule has 0 heterocycles. The average Bonchev–Trinajstić information content (AvgIpc) is 3.46. The van der Waals surface area contributed by atoms with Gasteiger partial charge in [-0.3, -0.25) is 14.4 Å². The number of allylic oxidation sites excluding steroid dienone is 8. The number of rotatable bonds is 67. The molecule has 0 aromatic rings. The summed E-state index contributed by atoms with van der Waals surface area (Å²) in [6, 6.07) is 0. The normalized spacial score (nSPS) is 12.3. The topological polar surface area (TPSA) is 78.9 Å². The van der Waals surface area contributed by atoms with Crippen LogP contribution in [0, 0.1) is 0 Å². The van der Waals surface area contributed by atoms with E-state index in [4.69, 9.17) is 14.2 Å². The molecular weight excluding hydrogens is 997 g/mol. The molecule has 474 valence electrons. The maximum absolute atomic E-state index is 12.9. The Balaban J connectivity index is 4.13. The molecule has 0 spiro atoms. The zero-order valence-electron chi connectivity index (χ0n) is 54.6. The minimum atomic E-state index is -0.783. The summed E-state index contributed by atoms with van der Waals surface area (Å²) in [5, 5.41) is 0. The number of unbranched alkanes of at least 4 members (excludes halogenated alkanes) is 48. The molecule has 6 nitrogen and oxygen atoms in total. The molecule has 1 atom stereocenters. The maximum atomic E-state index is 12.9. The molecule has 0 aliphatic rings. The lowest BCUT2D eigenvalue weighted by Crippen LogP contribution is -2.30. The standard InChI is InChI=1S/C75H138O6/c1-4-7-10-13-16-19-22-25-27-29-31-32-33-34-35-36-37-38-39-40-41-42-43-44-46-47-50-53-56-59-62-65-68-74(77)80-71-72(70-79-73(76)67-64-61-58-55-52-49-24-21-18-15-12-9-6-3)81-75(78)69-66-63-60-57-54-51-48-45-30-28-26-23-20-17-14-11-8-5-2/h12,15,20-21,23-24,28,30,72H,4-11,13-14,16-19,22,25-27,29,31-71H2,1-3H3/b15-12-,23-20-,24-21-,30-28-. The fourth-order valence-electron chi connectivity index (χ4n) is 10.9. The molecule has 0 radical (unpaired) electrons. The first-order valence-corrected chi connectivity index (χ1v) is 36.1. The van der Waals surface area contributed by atoms with E-state index >= 15 is 0 Å². The summed E-state index contributed by atoms with van der Waals surface area (Å²) in [4.78, 5) is 38.4. The Hall–Kier alpha value is -2.63. The molecule has 0 amide bonds. The molecule has 0 aromatic heterocycles. The van der Waals surface area contributed by atoms with Crippen molar-refractivity contribution in [2.24, 2.45) is 0 Å². The van der Waals surface area contributed by atoms with Gasteiger partial charge >= 0.3 is 17.9 Å². The lowest BCUT2D eigenvalue weighted by molar-refractivity contribution is -0.167. The van der Waals surface area contributed by atoms with Crippen LogP contribution >= 0.6 is 0 Å². The van der Waals surface area contributed by atoms with Gasteiger partial charge in [-0.25, -0.2) is 0 Å². The smallest absolute Gasteiger partial charge is 0.306 e. The van der Waals surface area contributed by atoms with Crippen LogP contribution in [-0.4, -0.2) is 37.2 Å². The molecule has 0 aliphatic carbocycles. The lowest BCUT2D eigenvalue weighted by atomic mass is 10.0. The van der Waals surface area contributed by atoms with Gasteiger partial charge in [0.05, 0.1) is 0 Å². The molecular formula is C75H138O6. The molecule has 0 bridgehead atoms. The van der Waals surface area contributed by atoms with Crippen molar-refractivity contribution >= 4 is 17.9 Å². The van der Waals surface area contributed by atoms with Crippen LogP contribution in [0.3, 0.4) is 0 Å². The molecule has 0 aliphatic heterocycles. The predicted molar refractivity (Wildman–Crippen MR) is 353 cm³/mol. The summed E-state index contributed by atoms with van der Waals surface area (Å²) >= 11 is 0. The number of carbonyl (C=O) groups excluding carboxylic acids is 3. The summed E-state index contributed by atoms with van der Waals surface area (Å²) in [7, 11) is 0. The molecule has 0 rings (SSSR count). The molecule has 81 heavy (non-hydrogen) atoms. The van der Waals surface area contributed by atoms with Crippen LogP contribution in [0.5, 0.6) is 0 Å². The van der Waals surface area contributed by atoms with Gasteiger partial charge < -0.3 is 14.2 Å². The van der Waals surface area contributed by atoms with E-state index in [-0.39, 0.29) is 31.1 Å². The first-order valence-electron chi connectivity index (χ1n) is 36.1. The van der Waals surface area contributed by atoms with E-state index in [2.05, 4.69) is 69.4 Å². The largest absolute Gasteiger partial charge is 0.462 e. The highest BCUT2D eigenvalue weighted by Gasteiger charge is 2.19. The van der Waals surface area contributed by atoms with Gasteiger partial charge in [-0.2, -0.15) is 0 Å². The Bertz CT molecular complexity index is 1400. The lowest BCUT2D eigenvalue weighted by Gasteiger charge is -2.18. The number of carbonyl (C=O) groups is 3. The summed E-state index contributed by atoms with van der Waals surface area (Å²) in [6.07, 6.45) is 88.8. The highest BCUT2D eigenvalue weighted by Crippen LogP contribution is 2.19. The second kappa shape index (κ2) is 69.9. The maximum Gasteiger partial charge on any atom is 0.306 e. The Morgan fingerprint density at radius 3 is 0.741 bits per heavy atom. The predicted octanol–water partition coefficient (Wildman–Crippen LogP) is 24.9. The van der Waals surface area contributed by atoms with Gasteiger partial charge in [0.1, 0.15) is 13.2 Å². The van der Waals surface area contributed by atoms with E-state index in [1.807, 2.05) is 0 Å². The van der Waals surface area contributed by atoms with Gasteiger partial charge in [0.25, 0.3) is 0 Å². The van der Waals surface area contributed by atoms with E-state index in [0.717, 1.165) is 96.3 Å².